The van der Waals surface area contributed by atoms with E-state index in [1.165, 1.54) is 0 Å². The summed E-state index contributed by atoms with van der Waals surface area (Å²) in [6.45, 7) is 5.41. The quantitative estimate of drug-likeness (QED) is 0.696. The highest BCUT2D eigenvalue weighted by Crippen LogP contribution is 2.22. The van der Waals surface area contributed by atoms with E-state index in [1.54, 1.807) is 7.11 Å². The predicted molar refractivity (Wildman–Crippen MR) is 61.6 cm³/mol. The van der Waals surface area contributed by atoms with Crippen molar-refractivity contribution in [2.75, 3.05) is 40.5 Å². The molecule has 1 aromatic rings. The summed E-state index contributed by atoms with van der Waals surface area (Å²) in [7, 11) is 3.77. The number of methoxy groups -OCH3 is 1. The molecule has 16 heavy (non-hydrogen) atoms. The Morgan fingerprint density at radius 2 is 2.00 bits per heavy atom. The predicted octanol–water partition coefficient (Wildman–Crippen LogP) is 0.761. The zero-order valence-corrected chi connectivity index (χ0v) is 10.1. The Bertz CT molecular complexity index is 375. The number of aromatic nitrogens is 2. The van der Waals surface area contributed by atoms with Gasteiger partial charge in [-0.15, -0.1) is 4.98 Å². The second-order valence-electron chi connectivity index (χ2n) is 4.31. The largest absolute Gasteiger partial charge is 0.467 e. The zero-order valence-electron chi connectivity index (χ0n) is 10.1. The Balaban J connectivity index is 2.34. The van der Waals surface area contributed by atoms with E-state index in [0.717, 1.165) is 42.3 Å². The molecule has 5 nitrogen and oxygen atoms in total. The second-order valence-corrected chi connectivity index (χ2v) is 4.31. The summed E-state index contributed by atoms with van der Waals surface area (Å²) >= 11 is 0. The number of rotatable bonds is 2. The summed E-state index contributed by atoms with van der Waals surface area (Å²) in [5.74, 6) is 1.01. The Hall–Kier alpha value is -1.20. The molecule has 1 aliphatic heterocycles. The lowest BCUT2D eigenvalue weighted by Gasteiger charge is -2.35. The zero-order chi connectivity index (χ0) is 11.6. The highest BCUT2D eigenvalue weighted by atomic mass is 16.5. The number of ether oxygens (including phenoxy) is 2. The number of morpholine rings is 1. The number of nitrogens with zero attached hydrogens (tertiary/aromatic N) is 3. The molecule has 0 N–H and O–H groups in total. The van der Waals surface area contributed by atoms with Crippen LogP contribution in [-0.4, -0.2) is 50.4 Å². The smallest absolute Gasteiger partial charge is 0.321 e. The Kier molecular flexibility index (Phi) is 3.07. The van der Waals surface area contributed by atoms with Crippen LogP contribution in [0.2, 0.25) is 0 Å². The van der Waals surface area contributed by atoms with Crippen LogP contribution < -0.4 is 9.22 Å². The van der Waals surface area contributed by atoms with Gasteiger partial charge in [0.15, 0.2) is 0 Å². The monoisotopic (exact) mass is 224 g/mol. The van der Waals surface area contributed by atoms with Crippen molar-refractivity contribution in [1.29, 1.82) is 0 Å². The SMILES string of the molecule is COc1nc(C)cc([N+]2(C)CCOCC2)n1. The number of hydrogen-bond acceptors (Lipinski definition) is 4. The van der Waals surface area contributed by atoms with Gasteiger partial charge in [0, 0.05) is 6.07 Å². The van der Waals surface area contributed by atoms with Crippen LogP contribution in [-0.2, 0) is 4.74 Å². The number of aryl methyl sites for hydroxylation is 1. The van der Waals surface area contributed by atoms with Crippen molar-refractivity contribution in [2.45, 2.75) is 6.92 Å². The van der Waals surface area contributed by atoms with E-state index in [4.69, 9.17) is 9.47 Å². The lowest BCUT2D eigenvalue weighted by molar-refractivity contribution is 0.0509. The normalized spacial score (nSPS) is 19.4. The van der Waals surface area contributed by atoms with E-state index in [9.17, 15) is 0 Å². The number of quaternary nitrogens is 1. The molecule has 1 saturated heterocycles. The third-order valence-corrected chi connectivity index (χ3v) is 3.01. The molecular weight excluding hydrogens is 206 g/mol. The molecule has 2 heterocycles. The maximum absolute atomic E-state index is 5.38. The second kappa shape index (κ2) is 4.35. The van der Waals surface area contributed by atoms with Gasteiger partial charge >= 0.3 is 6.01 Å². The van der Waals surface area contributed by atoms with Crippen molar-refractivity contribution >= 4 is 5.82 Å². The van der Waals surface area contributed by atoms with Crippen molar-refractivity contribution in [1.82, 2.24) is 14.5 Å². The van der Waals surface area contributed by atoms with Crippen molar-refractivity contribution in [3.63, 3.8) is 0 Å². The molecule has 5 heteroatoms. The van der Waals surface area contributed by atoms with Crippen LogP contribution in [0.4, 0.5) is 5.82 Å². The lowest BCUT2D eigenvalue weighted by Crippen LogP contribution is -2.53. The standard InChI is InChI=1S/C11H18N3O2/c1-9-8-10(13-11(12-9)15-3)14(2)4-6-16-7-5-14/h8H,4-7H2,1-3H3/q+1. The number of likely N-dealkylation sites (N-methyl/N-ethyl adjacent to an activating group) is 1. The fraction of sp³-hybridized carbons (Fsp3) is 0.636. The van der Waals surface area contributed by atoms with Crippen molar-refractivity contribution < 1.29 is 9.47 Å². The van der Waals surface area contributed by atoms with Gasteiger partial charge in [0.2, 0.25) is 5.82 Å². The fourth-order valence-corrected chi connectivity index (χ4v) is 1.87. The Morgan fingerprint density at radius 1 is 1.31 bits per heavy atom. The van der Waals surface area contributed by atoms with Gasteiger partial charge in [0.25, 0.3) is 0 Å². The minimum Gasteiger partial charge on any atom is -0.467 e. The van der Waals surface area contributed by atoms with Gasteiger partial charge < -0.3 is 9.47 Å². The molecule has 0 amide bonds. The van der Waals surface area contributed by atoms with Gasteiger partial charge in [-0.1, -0.05) is 0 Å². The lowest BCUT2D eigenvalue weighted by atomic mass is 10.3. The average molecular weight is 224 g/mol. The summed E-state index contributed by atoms with van der Waals surface area (Å²) in [4.78, 5) is 8.63. The molecule has 1 fully saturated rings. The Morgan fingerprint density at radius 3 is 2.62 bits per heavy atom. The maximum Gasteiger partial charge on any atom is 0.321 e. The van der Waals surface area contributed by atoms with Crippen molar-refractivity contribution in [2.24, 2.45) is 0 Å². The van der Waals surface area contributed by atoms with E-state index in [2.05, 4.69) is 17.0 Å². The van der Waals surface area contributed by atoms with Gasteiger partial charge in [-0.25, -0.2) is 4.98 Å². The van der Waals surface area contributed by atoms with Crippen LogP contribution >= 0.6 is 0 Å². The first kappa shape index (κ1) is 11.3. The van der Waals surface area contributed by atoms with Crippen LogP contribution in [0.3, 0.4) is 0 Å². The van der Waals surface area contributed by atoms with Gasteiger partial charge in [-0.2, -0.15) is 0 Å². The van der Waals surface area contributed by atoms with E-state index in [-0.39, 0.29) is 0 Å². The van der Waals surface area contributed by atoms with Gasteiger partial charge in [0.1, 0.15) is 13.1 Å². The third kappa shape index (κ3) is 2.15. The van der Waals surface area contributed by atoms with E-state index in [0.29, 0.717) is 6.01 Å². The topological polar surface area (TPSA) is 44.2 Å². The highest BCUT2D eigenvalue weighted by molar-refractivity contribution is 5.36. The van der Waals surface area contributed by atoms with Crippen LogP contribution in [0.15, 0.2) is 6.07 Å². The Labute approximate surface area is 95.6 Å². The molecule has 88 valence electrons. The molecule has 0 radical (unpaired) electrons. The van der Waals surface area contributed by atoms with E-state index in [1.807, 2.05) is 13.0 Å². The van der Waals surface area contributed by atoms with Crippen LogP contribution in [0.25, 0.3) is 0 Å². The fourth-order valence-electron chi connectivity index (χ4n) is 1.87. The molecule has 0 spiro atoms. The summed E-state index contributed by atoms with van der Waals surface area (Å²) < 4.78 is 11.3. The summed E-state index contributed by atoms with van der Waals surface area (Å²) in [5, 5.41) is 0. The third-order valence-electron chi connectivity index (χ3n) is 3.01. The van der Waals surface area contributed by atoms with E-state index < -0.39 is 0 Å². The van der Waals surface area contributed by atoms with Crippen LogP contribution in [0.5, 0.6) is 6.01 Å². The summed E-state index contributed by atoms with van der Waals surface area (Å²) in [5.41, 5.74) is 0.938. The van der Waals surface area contributed by atoms with Crippen LogP contribution in [0, 0.1) is 6.92 Å². The molecule has 1 aromatic heterocycles. The van der Waals surface area contributed by atoms with Crippen LogP contribution in [0.1, 0.15) is 5.69 Å². The summed E-state index contributed by atoms with van der Waals surface area (Å²) in [6, 6.07) is 2.47. The number of hydrogen-bond donors (Lipinski definition) is 0. The van der Waals surface area contributed by atoms with Gasteiger partial charge in [-0.3, -0.25) is 4.48 Å². The molecule has 0 saturated carbocycles. The molecule has 0 atom stereocenters. The van der Waals surface area contributed by atoms with Gasteiger partial charge in [-0.05, 0) is 6.92 Å². The maximum atomic E-state index is 5.38. The van der Waals surface area contributed by atoms with Crippen molar-refractivity contribution in [3.8, 4) is 6.01 Å². The molecular formula is C11H18N3O2+. The molecule has 0 aromatic carbocycles. The first-order valence-corrected chi connectivity index (χ1v) is 5.46. The molecule has 0 aliphatic carbocycles. The molecule has 0 bridgehead atoms. The summed E-state index contributed by atoms with van der Waals surface area (Å²) in [6.07, 6.45) is 0. The molecule has 2 rings (SSSR count). The van der Waals surface area contributed by atoms with Gasteiger partial charge in [0.05, 0.1) is 33.1 Å². The average Bonchev–Trinajstić information content (AvgIpc) is 2.29. The highest BCUT2D eigenvalue weighted by Gasteiger charge is 2.30. The molecule has 1 aliphatic rings. The minimum atomic E-state index is 0.445. The first-order chi connectivity index (χ1) is 7.64. The van der Waals surface area contributed by atoms with E-state index >= 15 is 0 Å². The minimum absolute atomic E-state index is 0.445. The van der Waals surface area contributed by atoms with Crippen molar-refractivity contribution in [3.05, 3.63) is 11.8 Å². The first-order valence-electron chi connectivity index (χ1n) is 5.46. The molecule has 0 unspecified atom stereocenters.